The Bertz CT molecular complexity index is 1130. The van der Waals surface area contributed by atoms with Crippen LogP contribution in [-0.4, -0.2) is 15.6 Å². The molecule has 5 nitrogen and oxygen atoms in total. The van der Waals surface area contributed by atoms with Crippen molar-refractivity contribution in [2.24, 2.45) is 12.0 Å². The molecule has 26 heavy (non-hydrogen) atoms. The molecule has 2 heterocycles. The topological polar surface area (TPSA) is 63.5 Å². The maximum atomic E-state index is 12.7. The van der Waals surface area contributed by atoms with Crippen LogP contribution in [0.1, 0.15) is 5.56 Å². The van der Waals surface area contributed by atoms with Gasteiger partial charge in [-0.05, 0) is 47.5 Å². The SMILES string of the molecule is Cn1c(=O)c(C=C2SC(=O)NC2=Nc2ccccc2)cc2ccccc21. The fourth-order valence-electron chi connectivity index (χ4n) is 2.84. The number of benzene rings is 2. The van der Waals surface area contributed by atoms with Crippen LogP contribution in [0.25, 0.3) is 17.0 Å². The van der Waals surface area contributed by atoms with Gasteiger partial charge in [0.25, 0.3) is 10.8 Å². The molecule has 6 heteroatoms. The first-order valence-corrected chi connectivity index (χ1v) is 8.87. The van der Waals surface area contributed by atoms with Gasteiger partial charge < -0.3 is 9.88 Å². The van der Waals surface area contributed by atoms with Gasteiger partial charge in [-0.15, -0.1) is 0 Å². The van der Waals surface area contributed by atoms with Gasteiger partial charge in [-0.1, -0.05) is 36.4 Å². The number of thioether (sulfide) groups is 1. The second-order valence-corrected chi connectivity index (χ2v) is 6.86. The fraction of sp³-hybridized carbons (Fsp3) is 0.0500. The summed E-state index contributed by atoms with van der Waals surface area (Å²) in [5.74, 6) is 0.460. The Morgan fingerprint density at radius 3 is 2.58 bits per heavy atom. The quantitative estimate of drug-likeness (QED) is 0.748. The number of para-hydroxylation sites is 2. The van der Waals surface area contributed by atoms with Crippen LogP contribution in [0.3, 0.4) is 0 Å². The van der Waals surface area contributed by atoms with Crippen LogP contribution < -0.4 is 10.9 Å². The van der Waals surface area contributed by atoms with E-state index < -0.39 is 0 Å². The number of carbonyl (C=O) groups is 1. The molecule has 1 aliphatic rings. The van der Waals surface area contributed by atoms with E-state index in [4.69, 9.17) is 0 Å². The summed E-state index contributed by atoms with van der Waals surface area (Å²) in [6, 6.07) is 18.9. The highest BCUT2D eigenvalue weighted by molar-refractivity contribution is 8.18. The van der Waals surface area contributed by atoms with Crippen LogP contribution in [0.4, 0.5) is 10.5 Å². The maximum absolute atomic E-state index is 12.7. The van der Waals surface area contributed by atoms with E-state index in [0.717, 1.165) is 28.4 Å². The van der Waals surface area contributed by atoms with Crippen LogP contribution in [0.15, 0.2) is 75.4 Å². The van der Waals surface area contributed by atoms with E-state index >= 15 is 0 Å². The number of pyridine rings is 1. The van der Waals surface area contributed by atoms with Crippen molar-refractivity contribution in [3.8, 4) is 0 Å². The molecule has 3 aromatic rings. The molecular weight excluding hydrogens is 346 g/mol. The number of amidine groups is 1. The van der Waals surface area contributed by atoms with E-state index in [1.165, 1.54) is 0 Å². The Morgan fingerprint density at radius 2 is 1.77 bits per heavy atom. The predicted octanol–water partition coefficient (Wildman–Crippen LogP) is 4.07. The Hall–Kier alpha value is -3.12. The number of aryl methyl sites for hydroxylation is 1. The van der Waals surface area contributed by atoms with Crippen LogP contribution >= 0.6 is 11.8 Å². The molecule has 2 aromatic carbocycles. The average Bonchev–Trinajstić information content (AvgIpc) is 2.99. The molecule has 1 aromatic heterocycles. The molecule has 0 saturated carbocycles. The molecule has 0 unspecified atom stereocenters. The summed E-state index contributed by atoms with van der Waals surface area (Å²) in [5, 5.41) is 3.50. The fourth-order valence-corrected chi connectivity index (χ4v) is 3.56. The summed E-state index contributed by atoms with van der Waals surface area (Å²) < 4.78 is 1.62. The molecule has 0 bridgehead atoms. The highest BCUT2D eigenvalue weighted by Crippen LogP contribution is 2.28. The van der Waals surface area contributed by atoms with Gasteiger partial charge in [-0.25, -0.2) is 4.99 Å². The van der Waals surface area contributed by atoms with Gasteiger partial charge in [-0.2, -0.15) is 0 Å². The number of fused-ring (bicyclic) bond motifs is 1. The first-order chi connectivity index (χ1) is 12.6. The monoisotopic (exact) mass is 361 g/mol. The number of amides is 1. The summed E-state index contributed by atoms with van der Waals surface area (Å²) in [5.41, 5.74) is 2.01. The second kappa shape index (κ2) is 6.65. The van der Waals surface area contributed by atoms with Crippen molar-refractivity contribution >= 4 is 45.5 Å². The molecule has 1 aliphatic heterocycles. The van der Waals surface area contributed by atoms with Crippen molar-refractivity contribution in [3.05, 3.63) is 81.5 Å². The van der Waals surface area contributed by atoms with Crippen molar-refractivity contribution in [3.63, 3.8) is 0 Å². The summed E-state index contributed by atoms with van der Waals surface area (Å²) in [7, 11) is 1.75. The lowest BCUT2D eigenvalue weighted by atomic mass is 10.1. The van der Waals surface area contributed by atoms with Crippen molar-refractivity contribution < 1.29 is 4.79 Å². The first kappa shape index (κ1) is 16.4. The highest BCUT2D eigenvalue weighted by atomic mass is 32.2. The Balaban J connectivity index is 1.83. The molecule has 0 spiro atoms. The van der Waals surface area contributed by atoms with E-state index in [1.54, 1.807) is 17.7 Å². The Kier molecular flexibility index (Phi) is 4.18. The van der Waals surface area contributed by atoms with E-state index in [1.807, 2.05) is 60.7 Å². The summed E-state index contributed by atoms with van der Waals surface area (Å²) in [4.78, 5) is 29.7. The molecule has 0 aliphatic carbocycles. The molecule has 128 valence electrons. The zero-order valence-corrected chi connectivity index (χ0v) is 14.8. The first-order valence-electron chi connectivity index (χ1n) is 8.05. The van der Waals surface area contributed by atoms with Crippen LogP contribution in [-0.2, 0) is 7.05 Å². The van der Waals surface area contributed by atoms with E-state index in [-0.39, 0.29) is 10.8 Å². The number of aliphatic imine (C=N–C) groups is 1. The van der Waals surface area contributed by atoms with E-state index in [9.17, 15) is 9.59 Å². The van der Waals surface area contributed by atoms with Crippen molar-refractivity contribution in [2.75, 3.05) is 0 Å². The minimum absolute atomic E-state index is 0.116. The van der Waals surface area contributed by atoms with Gasteiger partial charge in [0.05, 0.1) is 16.1 Å². The maximum Gasteiger partial charge on any atom is 0.289 e. The lowest BCUT2D eigenvalue weighted by molar-refractivity contribution is 0.265. The number of nitrogens with one attached hydrogen (secondary N) is 1. The molecule has 4 rings (SSSR count). The third-order valence-corrected chi connectivity index (χ3v) is 4.92. The summed E-state index contributed by atoms with van der Waals surface area (Å²) in [6.45, 7) is 0. The van der Waals surface area contributed by atoms with Gasteiger partial charge in [0.15, 0.2) is 0 Å². The van der Waals surface area contributed by atoms with Crippen molar-refractivity contribution in [1.82, 2.24) is 9.88 Å². The lowest BCUT2D eigenvalue weighted by Gasteiger charge is -2.07. The van der Waals surface area contributed by atoms with Gasteiger partial charge in [0, 0.05) is 12.6 Å². The Morgan fingerprint density at radius 1 is 1.04 bits per heavy atom. The Labute approximate surface area is 154 Å². The van der Waals surface area contributed by atoms with E-state index in [2.05, 4.69) is 10.3 Å². The molecule has 1 amide bonds. The van der Waals surface area contributed by atoms with Gasteiger partial charge in [0.1, 0.15) is 5.84 Å². The average molecular weight is 361 g/mol. The lowest BCUT2D eigenvalue weighted by Crippen LogP contribution is -2.20. The normalized spacial score (nSPS) is 17.2. The second-order valence-electron chi connectivity index (χ2n) is 5.84. The standard InChI is InChI=1S/C20H15N3O2S/c1-23-16-10-6-5-7-13(16)11-14(19(23)24)12-17-18(22-20(25)26-17)21-15-8-3-2-4-9-15/h2-12H,1H3,(H,21,22,25). The number of hydrogen-bond donors (Lipinski definition) is 1. The van der Waals surface area contributed by atoms with Crippen LogP contribution in [0.5, 0.6) is 0 Å². The highest BCUT2D eigenvalue weighted by Gasteiger charge is 2.24. The molecule has 1 N–H and O–H groups in total. The van der Waals surface area contributed by atoms with Crippen molar-refractivity contribution in [2.45, 2.75) is 0 Å². The number of carbonyl (C=O) groups excluding carboxylic acids is 1. The van der Waals surface area contributed by atoms with Gasteiger partial charge in [-0.3, -0.25) is 9.59 Å². The summed E-state index contributed by atoms with van der Waals surface area (Å²) in [6.07, 6.45) is 1.72. The number of rotatable bonds is 2. The van der Waals surface area contributed by atoms with Crippen molar-refractivity contribution in [1.29, 1.82) is 0 Å². The van der Waals surface area contributed by atoms with Gasteiger partial charge >= 0.3 is 0 Å². The minimum atomic E-state index is -0.205. The number of nitrogens with zero attached hydrogens (tertiary/aromatic N) is 2. The third-order valence-electron chi connectivity index (χ3n) is 4.10. The number of aromatic nitrogens is 1. The molecule has 1 saturated heterocycles. The minimum Gasteiger partial charge on any atom is -0.311 e. The number of hydrogen-bond acceptors (Lipinski definition) is 4. The molecule has 0 atom stereocenters. The largest absolute Gasteiger partial charge is 0.311 e. The predicted molar refractivity (Wildman–Crippen MR) is 107 cm³/mol. The smallest absolute Gasteiger partial charge is 0.289 e. The zero-order valence-electron chi connectivity index (χ0n) is 14.0. The summed E-state index contributed by atoms with van der Waals surface area (Å²) >= 11 is 1.04. The molecular formula is C20H15N3O2S. The van der Waals surface area contributed by atoms with Crippen LogP contribution in [0, 0.1) is 0 Å². The van der Waals surface area contributed by atoms with Crippen LogP contribution in [0.2, 0.25) is 0 Å². The zero-order chi connectivity index (χ0) is 18.1. The van der Waals surface area contributed by atoms with Gasteiger partial charge in [0.2, 0.25) is 0 Å². The third kappa shape index (κ3) is 3.07. The molecule has 0 radical (unpaired) electrons. The van der Waals surface area contributed by atoms with E-state index in [0.29, 0.717) is 16.3 Å². The molecule has 1 fully saturated rings.